The van der Waals surface area contributed by atoms with E-state index in [9.17, 15) is 0 Å². The topological polar surface area (TPSA) is 42.1 Å². The zero-order chi connectivity index (χ0) is 12.4. The van der Waals surface area contributed by atoms with Gasteiger partial charge in [-0.2, -0.15) is 0 Å². The van der Waals surface area contributed by atoms with E-state index in [-0.39, 0.29) is 0 Å². The molecule has 3 nitrogen and oxygen atoms in total. The van der Waals surface area contributed by atoms with Crippen molar-refractivity contribution in [2.24, 2.45) is 11.7 Å². The number of hydrogen-bond acceptors (Lipinski definition) is 3. The van der Waals surface area contributed by atoms with Gasteiger partial charge in [0, 0.05) is 24.8 Å². The van der Waals surface area contributed by atoms with Crippen LogP contribution >= 0.6 is 0 Å². The Bertz CT molecular complexity index is 389. The summed E-state index contributed by atoms with van der Waals surface area (Å²) >= 11 is 0. The third kappa shape index (κ3) is 2.78. The second-order valence-electron chi connectivity index (χ2n) is 5.35. The number of anilines is 1. The summed E-state index contributed by atoms with van der Waals surface area (Å²) in [5, 5.41) is 0. The molecule has 0 aromatic carbocycles. The highest BCUT2D eigenvalue weighted by molar-refractivity contribution is 5.44. The van der Waals surface area contributed by atoms with Gasteiger partial charge in [0.15, 0.2) is 0 Å². The summed E-state index contributed by atoms with van der Waals surface area (Å²) < 4.78 is 0. The fourth-order valence-electron chi connectivity index (χ4n) is 2.73. The maximum atomic E-state index is 5.73. The summed E-state index contributed by atoms with van der Waals surface area (Å²) in [5.74, 6) is 1.94. The van der Waals surface area contributed by atoms with Crippen LogP contribution in [0, 0.1) is 12.8 Å². The summed E-state index contributed by atoms with van der Waals surface area (Å²) in [7, 11) is 0. The number of aryl methyl sites for hydroxylation is 1. The molecule has 0 amide bonds. The molecule has 2 rings (SSSR count). The first-order valence-corrected chi connectivity index (χ1v) is 6.54. The SMILES string of the molecule is Cc1cc(CN)cc(N2CCC(C)CC2C)n1. The minimum Gasteiger partial charge on any atom is -0.354 e. The number of nitrogens with zero attached hydrogens (tertiary/aromatic N) is 2. The van der Waals surface area contributed by atoms with Crippen LogP contribution in [0.3, 0.4) is 0 Å². The van der Waals surface area contributed by atoms with Crippen molar-refractivity contribution in [1.82, 2.24) is 4.98 Å². The Morgan fingerprint density at radius 3 is 2.82 bits per heavy atom. The van der Waals surface area contributed by atoms with Crippen molar-refractivity contribution >= 4 is 5.82 Å². The lowest BCUT2D eigenvalue weighted by Crippen LogP contribution is -2.40. The van der Waals surface area contributed by atoms with Crippen LogP contribution in [0.15, 0.2) is 12.1 Å². The molecule has 2 N–H and O–H groups in total. The van der Waals surface area contributed by atoms with Crippen molar-refractivity contribution in [3.8, 4) is 0 Å². The lowest BCUT2D eigenvalue weighted by molar-refractivity contribution is 0.376. The van der Waals surface area contributed by atoms with Gasteiger partial charge in [0.1, 0.15) is 5.82 Å². The first-order chi connectivity index (χ1) is 8.10. The molecule has 0 bridgehead atoms. The first-order valence-electron chi connectivity index (χ1n) is 6.54. The molecule has 0 spiro atoms. The molecule has 0 aliphatic carbocycles. The molecule has 0 radical (unpaired) electrons. The van der Waals surface area contributed by atoms with Gasteiger partial charge in [-0.05, 0) is 50.3 Å². The van der Waals surface area contributed by atoms with Gasteiger partial charge in [-0.15, -0.1) is 0 Å². The highest BCUT2D eigenvalue weighted by Crippen LogP contribution is 2.27. The van der Waals surface area contributed by atoms with E-state index >= 15 is 0 Å². The molecule has 1 aliphatic heterocycles. The Labute approximate surface area is 104 Å². The summed E-state index contributed by atoms with van der Waals surface area (Å²) in [6.45, 7) is 8.38. The average molecular weight is 233 g/mol. The fraction of sp³-hybridized carbons (Fsp3) is 0.643. The predicted molar refractivity (Wildman–Crippen MR) is 72.1 cm³/mol. The third-order valence-electron chi connectivity index (χ3n) is 3.67. The van der Waals surface area contributed by atoms with Crippen molar-refractivity contribution in [3.05, 3.63) is 23.4 Å². The quantitative estimate of drug-likeness (QED) is 0.853. The van der Waals surface area contributed by atoms with Crippen LogP contribution in [-0.2, 0) is 6.54 Å². The Morgan fingerprint density at radius 2 is 2.18 bits per heavy atom. The van der Waals surface area contributed by atoms with Crippen LogP contribution in [-0.4, -0.2) is 17.6 Å². The molecule has 1 aromatic heterocycles. The van der Waals surface area contributed by atoms with E-state index in [4.69, 9.17) is 5.73 Å². The monoisotopic (exact) mass is 233 g/mol. The number of piperidine rings is 1. The molecular formula is C14H23N3. The number of rotatable bonds is 2. The molecule has 2 atom stereocenters. The zero-order valence-electron chi connectivity index (χ0n) is 11.1. The van der Waals surface area contributed by atoms with Crippen LogP contribution in [0.2, 0.25) is 0 Å². The van der Waals surface area contributed by atoms with Crippen LogP contribution < -0.4 is 10.6 Å². The van der Waals surface area contributed by atoms with E-state index in [1.807, 2.05) is 6.92 Å². The minimum atomic E-state index is 0.582. The molecule has 17 heavy (non-hydrogen) atoms. The number of hydrogen-bond donors (Lipinski definition) is 1. The van der Waals surface area contributed by atoms with Crippen LogP contribution in [0.4, 0.5) is 5.82 Å². The van der Waals surface area contributed by atoms with E-state index < -0.39 is 0 Å². The summed E-state index contributed by atoms with van der Waals surface area (Å²) in [6.07, 6.45) is 2.52. The molecule has 1 saturated heterocycles. The maximum absolute atomic E-state index is 5.73. The largest absolute Gasteiger partial charge is 0.354 e. The Hall–Kier alpha value is -1.09. The minimum absolute atomic E-state index is 0.582. The molecular weight excluding hydrogens is 210 g/mol. The lowest BCUT2D eigenvalue weighted by Gasteiger charge is -2.37. The number of aromatic nitrogens is 1. The van der Waals surface area contributed by atoms with Gasteiger partial charge in [0.05, 0.1) is 0 Å². The van der Waals surface area contributed by atoms with Crippen LogP contribution in [0.25, 0.3) is 0 Å². The molecule has 3 heteroatoms. The maximum Gasteiger partial charge on any atom is 0.129 e. The number of nitrogens with two attached hydrogens (primary N) is 1. The Kier molecular flexibility index (Phi) is 3.67. The van der Waals surface area contributed by atoms with Crippen molar-refractivity contribution in [2.75, 3.05) is 11.4 Å². The van der Waals surface area contributed by atoms with Crippen LogP contribution in [0.1, 0.15) is 37.9 Å². The predicted octanol–water partition coefficient (Wildman–Crippen LogP) is 2.47. The lowest BCUT2D eigenvalue weighted by atomic mass is 9.93. The van der Waals surface area contributed by atoms with E-state index in [0.29, 0.717) is 12.6 Å². The summed E-state index contributed by atoms with van der Waals surface area (Å²) in [5.41, 5.74) is 7.97. The molecule has 1 aromatic rings. The number of pyridine rings is 1. The fourth-order valence-corrected chi connectivity index (χ4v) is 2.73. The third-order valence-corrected chi connectivity index (χ3v) is 3.67. The van der Waals surface area contributed by atoms with E-state index in [2.05, 4.69) is 35.9 Å². The van der Waals surface area contributed by atoms with Crippen molar-refractivity contribution in [1.29, 1.82) is 0 Å². The Balaban J connectivity index is 2.24. The van der Waals surface area contributed by atoms with Gasteiger partial charge >= 0.3 is 0 Å². The summed E-state index contributed by atoms with van der Waals surface area (Å²) in [4.78, 5) is 7.07. The molecule has 2 unspecified atom stereocenters. The molecule has 1 aliphatic rings. The Morgan fingerprint density at radius 1 is 1.41 bits per heavy atom. The van der Waals surface area contributed by atoms with Gasteiger partial charge in [-0.25, -0.2) is 4.98 Å². The van der Waals surface area contributed by atoms with Gasteiger partial charge in [-0.3, -0.25) is 0 Å². The van der Waals surface area contributed by atoms with E-state index in [1.165, 1.54) is 18.4 Å². The molecule has 1 fully saturated rings. The van der Waals surface area contributed by atoms with E-state index in [1.54, 1.807) is 0 Å². The van der Waals surface area contributed by atoms with Gasteiger partial charge < -0.3 is 10.6 Å². The molecule has 94 valence electrons. The van der Waals surface area contributed by atoms with Crippen molar-refractivity contribution in [3.63, 3.8) is 0 Å². The van der Waals surface area contributed by atoms with Crippen molar-refractivity contribution < 1.29 is 0 Å². The van der Waals surface area contributed by atoms with Gasteiger partial charge in [0.2, 0.25) is 0 Å². The average Bonchev–Trinajstić information content (AvgIpc) is 2.28. The first kappa shape index (κ1) is 12.4. The summed E-state index contributed by atoms with van der Waals surface area (Å²) in [6, 6.07) is 4.79. The second kappa shape index (κ2) is 5.05. The highest BCUT2D eigenvalue weighted by Gasteiger charge is 2.24. The zero-order valence-corrected chi connectivity index (χ0v) is 11.1. The van der Waals surface area contributed by atoms with Crippen molar-refractivity contribution in [2.45, 2.75) is 46.2 Å². The normalized spacial score (nSPS) is 25.1. The second-order valence-corrected chi connectivity index (χ2v) is 5.35. The molecule has 2 heterocycles. The standard InChI is InChI=1S/C14H23N3/c1-10-4-5-17(12(3)6-10)14-8-13(9-15)7-11(2)16-14/h7-8,10,12H,4-6,9,15H2,1-3H3. The van der Waals surface area contributed by atoms with Gasteiger partial charge in [0.25, 0.3) is 0 Å². The smallest absolute Gasteiger partial charge is 0.129 e. The van der Waals surface area contributed by atoms with Crippen LogP contribution in [0.5, 0.6) is 0 Å². The molecule has 0 saturated carbocycles. The van der Waals surface area contributed by atoms with Gasteiger partial charge in [-0.1, -0.05) is 6.92 Å². The van der Waals surface area contributed by atoms with E-state index in [0.717, 1.165) is 24.0 Å². The highest BCUT2D eigenvalue weighted by atomic mass is 15.2.